The highest BCUT2D eigenvalue weighted by Gasteiger charge is 2.34. The van der Waals surface area contributed by atoms with Gasteiger partial charge in [0.1, 0.15) is 11.5 Å². The van der Waals surface area contributed by atoms with Crippen molar-refractivity contribution in [2.75, 3.05) is 19.0 Å². The molecule has 0 saturated carbocycles. The number of anilines is 1. The van der Waals surface area contributed by atoms with Gasteiger partial charge < -0.3 is 19.4 Å². The SMILES string of the molecule is COc1ccccc1CSc1nc2ccc(NC(=O)C3CC(=O)N(Cc4ccco4)C3)cc2s1. The Bertz CT molecular complexity index is 1320. The largest absolute Gasteiger partial charge is 0.496 e. The average Bonchev–Trinajstić information content (AvgIpc) is 3.58. The molecule has 0 radical (unpaired) electrons. The number of ether oxygens (including phenoxy) is 1. The second kappa shape index (κ2) is 9.90. The molecule has 0 bridgehead atoms. The fraction of sp³-hybridized carbons (Fsp3) is 0.240. The summed E-state index contributed by atoms with van der Waals surface area (Å²) in [6.07, 6.45) is 1.79. The van der Waals surface area contributed by atoms with Crippen LogP contribution in [0.4, 0.5) is 5.69 Å². The Morgan fingerprint density at radius 1 is 1.26 bits per heavy atom. The monoisotopic (exact) mass is 493 g/mol. The van der Waals surface area contributed by atoms with Crippen molar-refractivity contribution in [1.82, 2.24) is 9.88 Å². The Balaban J connectivity index is 1.21. The lowest BCUT2D eigenvalue weighted by atomic mass is 10.1. The van der Waals surface area contributed by atoms with Crippen molar-refractivity contribution in [3.05, 3.63) is 72.2 Å². The Morgan fingerprint density at radius 2 is 2.15 bits per heavy atom. The van der Waals surface area contributed by atoms with Gasteiger partial charge in [0.15, 0.2) is 4.34 Å². The highest BCUT2D eigenvalue weighted by atomic mass is 32.2. The molecule has 1 fully saturated rings. The summed E-state index contributed by atoms with van der Waals surface area (Å²) in [6, 6.07) is 17.3. The predicted molar refractivity (Wildman–Crippen MR) is 133 cm³/mol. The van der Waals surface area contributed by atoms with E-state index in [9.17, 15) is 9.59 Å². The van der Waals surface area contributed by atoms with Gasteiger partial charge in [-0.1, -0.05) is 30.0 Å². The fourth-order valence-electron chi connectivity index (χ4n) is 3.94. The molecule has 174 valence electrons. The number of amides is 2. The van der Waals surface area contributed by atoms with E-state index in [4.69, 9.17) is 14.1 Å². The van der Waals surface area contributed by atoms with Gasteiger partial charge in [-0.15, -0.1) is 11.3 Å². The molecule has 1 aliphatic rings. The first-order valence-corrected chi connectivity index (χ1v) is 12.7. The molecule has 1 N–H and O–H groups in total. The van der Waals surface area contributed by atoms with Crippen molar-refractivity contribution in [2.24, 2.45) is 5.92 Å². The zero-order valence-electron chi connectivity index (χ0n) is 18.5. The van der Waals surface area contributed by atoms with Crippen LogP contribution in [0.25, 0.3) is 10.2 Å². The number of likely N-dealkylation sites (tertiary alicyclic amines) is 1. The van der Waals surface area contributed by atoms with E-state index in [1.165, 1.54) is 0 Å². The van der Waals surface area contributed by atoms with Crippen LogP contribution in [-0.2, 0) is 21.9 Å². The predicted octanol–water partition coefficient (Wildman–Crippen LogP) is 5.18. The molecule has 9 heteroatoms. The standard InChI is InChI=1S/C25H23N3O4S2/c1-31-21-7-3-2-5-16(21)15-33-25-27-20-9-8-18(12-22(20)34-25)26-24(30)17-11-23(29)28(13-17)14-19-6-4-10-32-19/h2-10,12,17H,11,13-15H2,1H3,(H,26,30). The molecule has 1 aliphatic heterocycles. The summed E-state index contributed by atoms with van der Waals surface area (Å²) >= 11 is 3.25. The number of nitrogens with zero attached hydrogens (tertiary/aromatic N) is 2. The molecule has 0 aliphatic carbocycles. The second-order valence-corrected chi connectivity index (χ2v) is 10.3. The van der Waals surface area contributed by atoms with Gasteiger partial charge >= 0.3 is 0 Å². The molecule has 5 rings (SSSR count). The van der Waals surface area contributed by atoms with Crippen molar-refractivity contribution in [3.8, 4) is 5.75 Å². The number of methoxy groups -OCH3 is 1. The van der Waals surface area contributed by atoms with Crippen LogP contribution in [0.2, 0.25) is 0 Å². The van der Waals surface area contributed by atoms with Gasteiger partial charge in [0.25, 0.3) is 0 Å². The number of carbonyl (C=O) groups excluding carboxylic acids is 2. The minimum atomic E-state index is -0.383. The number of fused-ring (bicyclic) bond motifs is 1. The third-order valence-corrected chi connectivity index (χ3v) is 7.90. The fourth-order valence-corrected chi connectivity index (χ4v) is 6.04. The Kier molecular flexibility index (Phi) is 6.55. The average molecular weight is 494 g/mol. The minimum Gasteiger partial charge on any atom is -0.496 e. The van der Waals surface area contributed by atoms with Crippen molar-refractivity contribution < 1.29 is 18.7 Å². The number of nitrogens with one attached hydrogen (secondary N) is 1. The lowest BCUT2D eigenvalue weighted by molar-refractivity contribution is -0.128. The summed E-state index contributed by atoms with van der Waals surface area (Å²) in [7, 11) is 1.68. The second-order valence-electron chi connectivity index (χ2n) is 8.01. The maximum atomic E-state index is 12.8. The molecule has 34 heavy (non-hydrogen) atoms. The third kappa shape index (κ3) is 4.95. The van der Waals surface area contributed by atoms with Crippen LogP contribution >= 0.6 is 23.1 Å². The summed E-state index contributed by atoms with van der Waals surface area (Å²) in [6.45, 7) is 0.773. The van der Waals surface area contributed by atoms with Crippen LogP contribution in [-0.4, -0.2) is 35.4 Å². The molecule has 1 atom stereocenters. The molecule has 0 spiro atoms. The highest BCUT2D eigenvalue weighted by Crippen LogP contribution is 2.34. The van der Waals surface area contributed by atoms with Gasteiger partial charge in [0.2, 0.25) is 11.8 Å². The van der Waals surface area contributed by atoms with Crippen LogP contribution in [0.3, 0.4) is 0 Å². The van der Waals surface area contributed by atoms with Gasteiger partial charge in [-0.25, -0.2) is 4.98 Å². The summed E-state index contributed by atoms with van der Waals surface area (Å²) in [5.74, 6) is 1.78. The van der Waals surface area contributed by atoms with Gasteiger partial charge in [0, 0.05) is 30.0 Å². The minimum absolute atomic E-state index is 0.0360. The summed E-state index contributed by atoms with van der Waals surface area (Å²) in [5, 5.41) is 2.97. The molecule has 4 aromatic rings. The normalized spacial score (nSPS) is 15.7. The van der Waals surface area contributed by atoms with E-state index >= 15 is 0 Å². The number of aromatic nitrogens is 1. The number of thiazole rings is 1. The van der Waals surface area contributed by atoms with Gasteiger partial charge in [-0.2, -0.15) is 0 Å². The molecule has 3 heterocycles. The van der Waals surface area contributed by atoms with Crippen molar-refractivity contribution in [1.29, 1.82) is 0 Å². The lowest BCUT2D eigenvalue weighted by Crippen LogP contribution is -2.27. The lowest BCUT2D eigenvalue weighted by Gasteiger charge is -2.15. The Morgan fingerprint density at radius 3 is 2.97 bits per heavy atom. The van der Waals surface area contributed by atoms with Crippen molar-refractivity contribution in [3.63, 3.8) is 0 Å². The van der Waals surface area contributed by atoms with Crippen LogP contribution < -0.4 is 10.1 Å². The van der Waals surface area contributed by atoms with Crippen molar-refractivity contribution >= 4 is 50.8 Å². The van der Waals surface area contributed by atoms with Crippen molar-refractivity contribution in [2.45, 2.75) is 23.1 Å². The summed E-state index contributed by atoms with van der Waals surface area (Å²) in [4.78, 5) is 31.5. The zero-order valence-corrected chi connectivity index (χ0v) is 20.2. The van der Waals surface area contributed by atoms with E-state index < -0.39 is 0 Å². The van der Waals surface area contributed by atoms with Crippen LogP contribution in [0.15, 0.2) is 69.6 Å². The number of carbonyl (C=O) groups is 2. The van der Waals surface area contributed by atoms with Gasteiger partial charge in [-0.05, 0) is 36.4 Å². The van der Waals surface area contributed by atoms with Crippen LogP contribution in [0, 0.1) is 5.92 Å². The summed E-state index contributed by atoms with van der Waals surface area (Å²) < 4.78 is 12.7. The van der Waals surface area contributed by atoms with E-state index in [1.54, 1.807) is 47.4 Å². The van der Waals surface area contributed by atoms with E-state index in [0.29, 0.717) is 24.5 Å². The molecular formula is C25H23N3O4S2. The molecule has 2 aromatic carbocycles. The Labute approximate surface area is 205 Å². The van der Waals surface area contributed by atoms with E-state index in [2.05, 4.69) is 11.4 Å². The molecule has 2 aromatic heterocycles. The molecule has 7 nitrogen and oxygen atoms in total. The quantitative estimate of drug-likeness (QED) is 0.341. The number of hydrogen-bond acceptors (Lipinski definition) is 7. The molecule has 1 saturated heterocycles. The topological polar surface area (TPSA) is 84.7 Å². The van der Waals surface area contributed by atoms with Crippen LogP contribution in [0.5, 0.6) is 5.75 Å². The number of rotatable bonds is 8. The van der Waals surface area contributed by atoms with E-state index in [0.717, 1.165) is 31.6 Å². The third-order valence-electron chi connectivity index (χ3n) is 5.69. The van der Waals surface area contributed by atoms with E-state index in [-0.39, 0.29) is 24.2 Å². The molecule has 2 amide bonds. The van der Waals surface area contributed by atoms with Gasteiger partial charge in [-0.3, -0.25) is 9.59 Å². The maximum Gasteiger partial charge on any atom is 0.229 e. The number of thioether (sulfide) groups is 1. The number of hydrogen-bond donors (Lipinski definition) is 1. The maximum absolute atomic E-state index is 12.8. The highest BCUT2D eigenvalue weighted by molar-refractivity contribution is 8.00. The first-order chi connectivity index (χ1) is 16.6. The Hall–Kier alpha value is -3.30. The zero-order chi connectivity index (χ0) is 23.5. The number of benzene rings is 2. The summed E-state index contributed by atoms with van der Waals surface area (Å²) in [5.41, 5.74) is 2.72. The smallest absolute Gasteiger partial charge is 0.229 e. The van der Waals surface area contributed by atoms with Crippen LogP contribution in [0.1, 0.15) is 17.7 Å². The molecule has 1 unspecified atom stereocenters. The molecular weight excluding hydrogens is 470 g/mol. The van der Waals surface area contributed by atoms with Gasteiger partial charge in [0.05, 0.1) is 36.1 Å². The number of furan rings is 1. The first kappa shape index (κ1) is 22.5. The first-order valence-electron chi connectivity index (χ1n) is 10.9. The van der Waals surface area contributed by atoms with E-state index in [1.807, 2.05) is 42.5 Å². The number of para-hydroxylation sites is 1.